The summed E-state index contributed by atoms with van der Waals surface area (Å²) in [6, 6.07) is 0. The second kappa shape index (κ2) is 6.32. The van der Waals surface area contributed by atoms with Crippen LogP contribution in [0.5, 0.6) is 0 Å². The topological polar surface area (TPSA) is 51.2 Å². The van der Waals surface area contributed by atoms with Gasteiger partial charge in [-0.1, -0.05) is 31.2 Å². The molecule has 4 heteroatoms. The Morgan fingerprint density at radius 2 is 1.88 bits per heavy atom. The highest BCUT2D eigenvalue weighted by Crippen LogP contribution is 2.65. The standard InChI is InChI=1S/C22H30O3S/c1-13(23)26-12-14-10-19-17-5-4-15-11-16(24)6-8-21(15,2)18(17)7-9-22(19,3)20(14)25/h11,14,17-19H,4-10,12H2,1-3H3/t14?,17-,18+,19+,21+,22+/m1/s1. The highest BCUT2D eigenvalue weighted by atomic mass is 32.2. The molecular weight excluding hydrogens is 344 g/mol. The fourth-order valence-corrected chi connectivity index (χ4v) is 7.59. The lowest BCUT2D eigenvalue weighted by Gasteiger charge is -2.56. The Morgan fingerprint density at radius 3 is 2.62 bits per heavy atom. The quantitative estimate of drug-likeness (QED) is 0.709. The summed E-state index contributed by atoms with van der Waals surface area (Å²) in [6.07, 6.45) is 8.82. The number of carbonyl (C=O) groups excluding carboxylic acids is 3. The minimum Gasteiger partial charge on any atom is -0.299 e. The van der Waals surface area contributed by atoms with E-state index < -0.39 is 0 Å². The van der Waals surface area contributed by atoms with E-state index in [2.05, 4.69) is 13.8 Å². The molecule has 0 spiro atoms. The van der Waals surface area contributed by atoms with Gasteiger partial charge in [0.25, 0.3) is 0 Å². The SMILES string of the molecule is CC(=O)SCC1C[C@H]2[C@@H]3CCC4=CC(=O)CC[C@]4(C)[C@H]3CC[C@]2(C)C1=O. The van der Waals surface area contributed by atoms with E-state index in [9.17, 15) is 14.4 Å². The minimum absolute atomic E-state index is 0.0512. The van der Waals surface area contributed by atoms with Crippen molar-refractivity contribution in [2.24, 2.45) is 34.5 Å². The number of rotatable bonds is 2. The molecule has 0 N–H and O–H groups in total. The molecule has 1 unspecified atom stereocenters. The van der Waals surface area contributed by atoms with Crippen molar-refractivity contribution < 1.29 is 14.4 Å². The molecule has 3 saturated carbocycles. The summed E-state index contributed by atoms with van der Waals surface area (Å²) in [7, 11) is 0. The third kappa shape index (κ3) is 2.66. The van der Waals surface area contributed by atoms with E-state index >= 15 is 0 Å². The highest BCUT2D eigenvalue weighted by molar-refractivity contribution is 8.13. The maximum Gasteiger partial charge on any atom is 0.185 e. The summed E-state index contributed by atoms with van der Waals surface area (Å²) >= 11 is 1.32. The molecule has 0 saturated heterocycles. The highest BCUT2D eigenvalue weighted by Gasteiger charge is 2.61. The van der Waals surface area contributed by atoms with E-state index in [4.69, 9.17) is 0 Å². The number of carbonyl (C=O) groups is 3. The van der Waals surface area contributed by atoms with Crippen molar-refractivity contribution in [3.05, 3.63) is 11.6 Å². The van der Waals surface area contributed by atoms with Crippen LogP contribution in [0.15, 0.2) is 11.6 Å². The van der Waals surface area contributed by atoms with Gasteiger partial charge in [0.15, 0.2) is 10.9 Å². The van der Waals surface area contributed by atoms with Crippen LogP contribution in [-0.2, 0) is 14.4 Å². The average Bonchev–Trinajstić information content (AvgIpc) is 2.85. The van der Waals surface area contributed by atoms with Crippen LogP contribution in [0.2, 0.25) is 0 Å². The Balaban J connectivity index is 1.60. The van der Waals surface area contributed by atoms with Crippen LogP contribution in [0.3, 0.4) is 0 Å². The Morgan fingerprint density at radius 1 is 1.12 bits per heavy atom. The first kappa shape index (κ1) is 18.5. The Labute approximate surface area is 160 Å². The van der Waals surface area contributed by atoms with Crippen LogP contribution in [0, 0.1) is 34.5 Å². The first-order chi connectivity index (χ1) is 12.3. The second-order valence-electron chi connectivity index (χ2n) is 9.52. The van der Waals surface area contributed by atoms with Gasteiger partial charge >= 0.3 is 0 Å². The Hall–Kier alpha value is -0.900. The maximum absolute atomic E-state index is 13.2. The summed E-state index contributed by atoms with van der Waals surface area (Å²) in [6.45, 7) is 6.17. The van der Waals surface area contributed by atoms with Gasteiger partial charge in [0.2, 0.25) is 0 Å². The van der Waals surface area contributed by atoms with Crippen LogP contribution in [0.1, 0.15) is 65.7 Å². The molecule has 4 aliphatic rings. The predicted molar refractivity (Wildman–Crippen MR) is 104 cm³/mol. The van der Waals surface area contributed by atoms with Gasteiger partial charge in [-0.05, 0) is 67.8 Å². The molecule has 142 valence electrons. The molecular formula is C22H30O3S. The van der Waals surface area contributed by atoms with E-state index in [-0.39, 0.29) is 21.9 Å². The van der Waals surface area contributed by atoms with E-state index in [0.717, 1.165) is 38.5 Å². The molecule has 3 fully saturated rings. The molecule has 0 radical (unpaired) electrons. The Kier molecular flexibility index (Phi) is 4.49. The number of Topliss-reactive ketones (excluding diaryl/α,β-unsaturated/α-hetero) is 1. The fraction of sp³-hybridized carbons (Fsp3) is 0.773. The van der Waals surface area contributed by atoms with Gasteiger partial charge < -0.3 is 0 Å². The van der Waals surface area contributed by atoms with Crippen molar-refractivity contribution >= 4 is 28.4 Å². The van der Waals surface area contributed by atoms with Crippen LogP contribution < -0.4 is 0 Å². The number of allylic oxidation sites excluding steroid dienone is 1. The van der Waals surface area contributed by atoms with Gasteiger partial charge in [-0.2, -0.15) is 0 Å². The van der Waals surface area contributed by atoms with Gasteiger partial charge in [-0.15, -0.1) is 0 Å². The van der Waals surface area contributed by atoms with Gasteiger partial charge in [-0.3, -0.25) is 14.4 Å². The van der Waals surface area contributed by atoms with Crippen molar-refractivity contribution in [2.45, 2.75) is 65.7 Å². The van der Waals surface area contributed by atoms with Gasteiger partial charge in [0.1, 0.15) is 5.78 Å². The monoisotopic (exact) mass is 374 g/mol. The average molecular weight is 375 g/mol. The molecule has 26 heavy (non-hydrogen) atoms. The molecule has 0 bridgehead atoms. The van der Waals surface area contributed by atoms with Gasteiger partial charge in [0.05, 0.1) is 0 Å². The molecule has 3 nitrogen and oxygen atoms in total. The lowest BCUT2D eigenvalue weighted by Crippen LogP contribution is -2.50. The number of hydrogen-bond donors (Lipinski definition) is 0. The minimum atomic E-state index is -0.189. The molecule has 6 atom stereocenters. The zero-order chi connectivity index (χ0) is 18.7. The second-order valence-corrected chi connectivity index (χ2v) is 10.7. The predicted octanol–water partition coefficient (Wildman–Crippen LogP) is 4.59. The van der Waals surface area contributed by atoms with E-state index in [1.54, 1.807) is 6.92 Å². The zero-order valence-electron chi connectivity index (χ0n) is 16.2. The number of ketones is 2. The molecule has 0 aliphatic heterocycles. The first-order valence-corrected chi connectivity index (χ1v) is 11.2. The smallest absolute Gasteiger partial charge is 0.185 e. The summed E-state index contributed by atoms with van der Waals surface area (Å²) in [4.78, 5) is 36.5. The van der Waals surface area contributed by atoms with Crippen molar-refractivity contribution in [3.63, 3.8) is 0 Å². The molecule has 0 aromatic carbocycles. The lowest BCUT2D eigenvalue weighted by molar-refractivity contribution is -0.134. The normalized spacial score (nSPS) is 44.8. The molecule has 0 aromatic heterocycles. The summed E-state index contributed by atoms with van der Waals surface area (Å²) in [5.74, 6) is 3.10. The van der Waals surface area contributed by atoms with Crippen molar-refractivity contribution in [1.29, 1.82) is 0 Å². The van der Waals surface area contributed by atoms with Crippen LogP contribution in [-0.4, -0.2) is 22.4 Å². The van der Waals surface area contributed by atoms with E-state index in [1.807, 2.05) is 6.08 Å². The number of fused-ring (bicyclic) bond motifs is 5. The number of thioether (sulfide) groups is 1. The first-order valence-electron chi connectivity index (χ1n) is 10.2. The molecule has 4 aliphatic carbocycles. The summed E-state index contributed by atoms with van der Waals surface area (Å²) in [5, 5.41) is 0.113. The third-order valence-electron chi connectivity index (χ3n) is 8.31. The van der Waals surface area contributed by atoms with E-state index in [0.29, 0.717) is 41.5 Å². The van der Waals surface area contributed by atoms with Crippen LogP contribution in [0.4, 0.5) is 0 Å². The van der Waals surface area contributed by atoms with Gasteiger partial charge in [0, 0.05) is 30.4 Å². The van der Waals surface area contributed by atoms with Crippen molar-refractivity contribution in [1.82, 2.24) is 0 Å². The van der Waals surface area contributed by atoms with E-state index in [1.165, 1.54) is 17.3 Å². The van der Waals surface area contributed by atoms with Crippen LogP contribution >= 0.6 is 11.8 Å². The van der Waals surface area contributed by atoms with Gasteiger partial charge in [-0.25, -0.2) is 0 Å². The molecule has 0 aromatic rings. The largest absolute Gasteiger partial charge is 0.299 e. The zero-order valence-corrected chi connectivity index (χ0v) is 17.0. The molecule has 4 rings (SSSR count). The molecule has 0 amide bonds. The van der Waals surface area contributed by atoms with Crippen molar-refractivity contribution in [3.8, 4) is 0 Å². The summed E-state index contributed by atoms with van der Waals surface area (Å²) in [5.41, 5.74) is 1.35. The third-order valence-corrected chi connectivity index (χ3v) is 9.29. The van der Waals surface area contributed by atoms with Crippen LogP contribution in [0.25, 0.3) is 0 Å². The summed E-state index contributed by atoms with van der Waals surface area (Å²) < 4.78 is 0. The fourth-order valence-electron chi connectivity index (χ4n) is 6.86. The molecule has 0 heterocycles. The van der Waals surface area contributed by atoms with Crippen molar-refractivity contribution in [2.75, 3.05) is 5.75 Å². The number of hydrogen-bond acceptors (Lipinski definition) is 4. The lowest BCUT2D eigenvalue weighted by atomic mass is 9.47. The Bertz CT molecular complexity index is 696. The maximum atomic E-state index is 13.2.